The molecule has 1 heterocycles. The summed E-state index contributed by atoms with van der Waals surface area (Å²) in [6, 6.07) is 0. The molecular formula is C8H15NO2S2. The van der Waals surface area contributed by atoms with E-state index in [1.165, 1.54) is 11.8 Å². The molecular weight excluding hydrogens is 206 g/mol. The first-order valence-corrected chi connectivity index (χ1v) is 6.50. The molecule has 13 heavy (non-hydrogen) atoms. The first-order valence-electron chi connectivity index (χ1n) is 4.36. The van der Waals surface area contributed by atoms with Crippen LogP contribution in [0.15, 0.2) is 0 Å². The predicted molar refractivity (Wildman–Crippen MR) is 58.4 cm³/mol. The van der Waals surface area contributed by atoms with Crippen LogP contribution in [0, 0.1) is 0 Å². The van der Waals surface area contributed by atoms with E-state index in [1.807, 2.05) is 11.8 Å². The van der Waals surface area contributed by atoms with Crippen LogP contribution in [0.2, 0.25) is 0 Å². The monoisotopic (exact) mass is 221 g/mol. The van der Waals surface area contributed by atoms with Gasteiger partial charge in [-0.1, -0.05) is 0 Å². The third kappa shape index (κ3) is 2.79. The van der Waals surface area contributed by atoms with Crippen molar-refractivity contribution >= 4 is 29.5 Å². The second-order valence-electron chi connectivity index (χ2n) is 3.05. The zero-order chi connectivity index (χ0) is 9.73. The Morgan fingerprint density at radius 1 is 1.54 bits per heavy atom. The van der Waals surface area contributed by atoms with Gasteiger partial charge in [-0.05, 0) is 24.3 Å². The Morgan fingerprint density at radius 3 is 2.62 bits per heavy atom. The van der Waals surface area contributed by atoms with Crippen molar-refractivity contribution < 1.29 is 9.90 Å². The van der Waals surface area contributed by atoms with E-state index >= 15 is 0 Å². The fourth-order valence-electron chi connectivity index (χ4n) is 1.38. The van der Waals surface area contributed by atoms with Crippen LogP contribution in [0.5, 0.6) is 0 Å². The van der Waals surface area contributed by atoms with Gasteiger partial charge in [0.15, 0.2) is 0 Å². The minimum Gasteiger partial charge on any atom is -0.480 e. The van der Waals surface area contributed by atoms with Gasteiger partial charge in [0.1, 0.15) is 4.75 Å². The quantitative estimate of drug-likeness (QED) is 0.742. The maximum atomic E-state index is 11.1. The highest BCUT2D eigenvalue weighted by Crippen LogP contribution is 2.38. The van der Waals surface area contributed by atoms with Crippen LogP contribution in [-0.4, -0.2) is 39.6 Å². The standard InChI is InChI=1S/C8H15NO2S2/c9-3-6-13-8(7(10)11)1-4-12-5-2-8/h1-6,9H2,(H,10,11). The molecule has 0 radical (unpaired) electrons. The highest BCUT2D eigenvalue weighted by molar-refractivity contribution is 8.02. The van der Waals surface area contributed by atoms with Crippen molar-refractivity contribution in [1.82, 2.24) is 0 Å². The molecule has 76 valence electrons. The zero-order valence-electron chi connectivity index (χ0n) is 7.49. The number of hydrogen-bond acceptors (Lipinski definition) is 4. The molecule has 0 bridgehead atoms. The van der Waals surface area contributed by atoms with Crippen LogP contribution in [0.1, 0.15) is 12.8 Å². The van der Waals surface area contributed by atoms with Crippen molar-refractivity contribution in [1.29, 1.82) is 0 Å². The predicted octanol–water partition coefficient (Wildman–Crippen LogP) is 1.03. The molecule has 0 spiro atoms. The van der Waals surface area contributed by atoms with E-state index < -0.39 is 10.7 Å². The van der Waals surface area contributed by atoms with E-state index in [2.05, 4.69) is 0 Å². The Labute approximate surface area is 86.8 Å². The Hall–Kier alpha value is 0.130. The number of carboxylic acid groups (broad SMARTS) is 1. The van der Waals surface area contributed by atoms with Crippen LogP contribution in [-0.2, 0) is 4.79 Å². The summed E-state index contributed by atoms with van der Waals surface area (Å²) in [5, 5.41) is 9.14. The van der Waals surface area contributed by atoms with Crippen molar-refractivity contribution in [2.24, 2.45) is 5.73 Å². The van der Waals surface area contributed by atoms with Crippen molar-refractivity contribution in [3.63, 3.8) is 0 Å². The second kappa shape index (κ2) is 5.12. The molecule has 1 rings (SSSR count). The zero-order valence-corrected chi connectivity index (χ0v) is 9.12. The lowest BCUT2D eigenvalue weighted by molar-refractivity contribution is -0.140. The average molecular weight is 221 g/mol. The third-order valence-corrected chi connectivity index (χ3v) is 4.75. The molecule has 5 heteroatoms. The molecule has 0 atom stereocenters. The van der Waals surface area contributed by atoms with Crippen molar-refractivity contribution in [2.75, 3.05) is 23.8 Å². The second-order valence-corrected chi connectivity index (χ2v) is 5.75. The summed E-state index contributed by atoms with van der Waals surface area (Å²) in [5.74, 6) is 2.01. The number of hydrogen-bond donors (Lipinski definition) is 2. The molecule has 0 aromatic heterocycles. The van der Waals surface area contributed by atoms with Gasteiger partial charge in [-0.2, -0.15) is 11.8 Å². The van der Waals surface area contributed by atoms with E-state index in [4.69, 9.17) is 10.8 Å². The molecule has 1 aliphatic heterocycles. The van der Waals surface area contributed by atoms with E-state index in [9.17, 15) is 4.79 Å². The summed E-state index contributed by atoms with van der Waals surface area (Å²) in [6.45, 7) is 0.562. The minimum absolute atomic E-state index is 0.537. The van der Waals surface area contributed by atoms with Gasteiger partial charge in [-0.3, -0.25) is 4.79 Å². The lowest BCUT2D eigenvalue weighted by atomic mass is 10.0. The molecule has 0 unspecified atom stereocenters. The van der Waals surface area contributed by atoms with Gasteiger partial charge in [0.05, 0.1) is 0 Å². The summed E-state index contributed by atoms with van der Waals surface area (Å²) in [5.41, 5.74) is 5.39. The maximum absolute atomic E-state index is 11.1. The summed E-state index contributed by atoms with van der Waals surface area (Å²) in [6.07, 6.45) is 1.55. The number of carboxylic acids is 1. The van der Waals surface area contributed by atoms with Gasteiger partial charge < -0.3 is 10.8 Å². The average Bonchev–Trinajstić information content (AvgIpc) is 2.16. The van der Waals surface area contributed by atoms with Crippen LogP contribution in [0.3, 0.4) is 0 Å². The fourth-order valence-corrected chi connectivity index (χ4v) is 3.95. The van der Waals surface area contributed by atoms with Crippen LogP contribution in [0.4, 0.5) is 0 Å². The van der Waals surface area contributed by atoms with E-state index in [0.29, 0.717) is 6.54 Å². The molecule has 0 amide bonds. The molecule has 0 aliphatic carbocycles. The smallest absolute Gasteiger partial charge is 0.319 e. The Bertz CT molecular complexity index is 181. The maximum Gasteiger partial charge on any atom is 0.319 e. The van der Waals surface area contributed by atoms with Crippen LogP contribution >= 0.6 is 23.5 Å². The Morgan fingerprint density at radius 2 is 2.15 bits per heavy atom. The lowest BCUT2D eigenvalue weighted by Crippen LogP contribution is -2.39. The Balaban J connectivity index is 2.56. The Kier molecular flexibility index (Phi) is 4.41. The normalized spacial score (nSPS) is 21.3. The van der Waals surface area contributed by atoms with E-state index in [0.717, 1.165) is 30.1 Å². The molecule has 3 N–H and O–H groups in total. The first kappa shape index (κ1) is 11.2. The minimum atomic E-state index is -0.661. The van der Waals surface area contributed by atoms with E-state index in [-0.39, 0.29) is 0 Å². The van der Waals surface area contributed by atoms with Gasteiger partial charge in [-0.25, -0.2) is 0 Å². The lowest BCUT2D eigenvalue weighted by Gasteiger charge is -2.32. The van der Waals surface area contributed by atoms with Crippen LogP contribution < -0.4 is 5.73 Å². The first-order chi connectivity index (χ1) is 6.21. The van der Waals surface area contributed by atoms with Gasteiger partial charge >= 0.3 is 5.97 Å². The third-order valence-electron chi connectivity index (χ3n) is 2.19. The van der Waals surface area contributed by atoms with Crippen LogP contribution in [0.25, 0.3) is 0 Å². The summed E-state index contributed by atoms with van der Waals surface area (Å²) in [7, 11) is 0. The number of carbonyl (C=O) groups is 1. The van der Waals surface area contributed by atoms with Gasteiger partial charge in [0.2, 0.25) is 0 Å². The highest BCUT2D eigenvalue weighted by Gasteiger charge is 2.39. The molecule has 1 aliphatic rings. The molecule has 0 aromatic rings. The summed E-state index contributed by atoms with van der Waals surface area (Å²) < 4.78 is -0.537. The fraction of sp³-hybridized carbons (Fsp3) is 0.875. The van der Waals surface area contributed by atoms with Crippen molar-refractivity contribution in [3.05, 3.63) is 0 Å². The topological polar surface area (TPSA) is 63.3 Å². The molecule has 1 fully saturated rings. The summed E-state index contributed by atoms with van der Waals surface area (Å²) >= 11 is 3.36. The largest absolute Gasteiger partial charge is 0.480 e. The highest BCUT2D eigenvalue weighted by atomic mass is 32.2. The molecule has 0 saturated carbocycles. The summed E-state index contributed by atoms with van der Waals surface area (Å²) in [4.78, 5) is 11.1. The molecule has 3 nitrogen and oxygen atoms in total. The number of nitrogens with two attached hydrogens (primary N) is 1. The van der Waals surface area contributed by atoms with Gasteiger partial charge in [0.25, 0.3) is 0 Å². The number of thioether (sulfide) groups is 2. The molecule has 0 aromatic carbocycles. The number of aliphatic carboxylic acids is 1. The number of rotatable bonds is 4. The van der Waals surface area contributed by atoms with E-state index in [1.54, 1.807) is 0 Å². The van der Waals surface area contributed by atoms with Gasteiger partial charge in [0, 0.05) is 12.3 Å². The SMILES string of the molecule is NCCSC1(C(=O)O)CCSCC1. The van der Waals surface area contributed by atoms with Gasteiger partial charge in [-0.15, -0.1) is 11.8 Å². The van der Waals surface area contributed by atoms with Crippen molar-refractivity contribution in [3.8, 4) is 0 Å². The van der Waals surface area contributed by atoms with Crippen molar-refractivity contribution in [2.45, 2.75) is 17.6 Å². The molecule has 1 saturated heterocycles.